The number of thioether (sulfide) groups is 1. The Morgan fingerprint density at radius 3 is 2.79 bits per heavy atom. The zero-order valence-corrected chi connectivity index (χ0v) is 12.6. The van der Waals surface area contributed by atoms with Crippen molar-refractivity contribution in [3.05, 3.63) is 53.5 Å². The number of nitrogens with one attached hydrogen (secondary N) is 1. The molecule has 2 nitrogen and oxygen atoms in total. The summed E-state index contributed by atoms with van der Waals surface area (Å²) in [7, 11) is 0. The van der Waals surface area contributed by atoms with E-state index in [0.29, 0.717) is 0 Å². The second-order valence-corrected chi connectivity index (χ2v) is 5.95. The SMILES string of the molecule is Cc1ccc(SCCNC(C)c2ccco2)c(C)c1. The van der Waals surface area contributed by atoms with Crippen molar-refractivity contribution < 1.29 is 4.42 Å². The van der Waals surface area contributed by atoms with Crippen LogP contribution in [0.1, 0.15) is 29.9 Å². The quantitative estimate of drug-likeness (QED) is 0.627. The van der Waals surface area contributed by atoms with Gasteiger partial charge in [0.2, 0.25) is 0 Å². The largest absolute Gasteiger partial charge is 0.468 e. The van der Waals surface area contributed by atoms with Crippen molar-refractivity contribution in [1.82, 2.24) is 5.32 Å². The zero-order valence-electron chi connectivity index (χ0n) is 11.8. The number of hydrogen-bond donors (Lipinski definition) is 1. The van der Waals surface area contributed by atoms with Gasteiger partial charge in [0, 0.05) is 17.2 Å². The molecule has 0 aliphatic carbocycles. The van der Waals surface area contributed by atoms with E-state index in [1.54, 1.807) is 6.26 Å². The third-order valence-corrected chi connectivity index (χ3v) is 4.29. The molecule has 1 unspecified atom stereocenters. The maximum Gasteiger partial charge on any atom is 0.120 e. The molecule has 0 saturated carbocycles. The van der Waals surface area contributed by atoms with Gasteiger partial charge < -0.3 is 9.73 Å². The number of hydrogen-bond acceptors (Lipinski definition) is 3. The molecule has 0 aliphatic rings. The summed E-state index contributed by atoms with van der Waals surface area (Å²) in [6, 6.07) is 10.8. The van der Waals surface area contributed by atoms with E-state index in [-0.39, 0.29) is 6.04 Å². The topological polar surface area (TPSA) is 25.2 Å². The Morgan fingerprint density at radius 2 is 2.11 bits per heavy atom. The molecule has 0 aliphatic heterocycles. The first kappa shape index (κ1) is 14.2. The van der Waals surface area contributed by atoms with Gasteiger partial charge in [0.25, 0.3) is 0 Å². The summed E-state index contributed by atoms with van der Waals surface area (Å²) < 4.78 is 5.37. The predicted octanol–water partition coefficient (Wildman–Crippen LogP) is 4.34. The highest BCUT2D eigenvalue weighted by Gasteiger charge is 2.06. The van der Waals surface area contributed by atoms with E-state index >= 15 is 0 Å². The zero-order chi connectivity index (χ0) is 13.7. The van der Waals surface area contributed by atoms with Crippen LogP contribution in [0.25, 0.3) is 0 Å². The first-order valence-corrected chi connectivity index (χ1v) is 7.62. The van der Waals surface area contributed by atoms with E-state index in [4.69, 9.17) is 4.42 Å². The summed E-state index contributed by atoms with van der Waals surface area (Å²) in [6.45, 7) is 7.41. The highest BCUT2D eigenvalue weighted by Crippen LogP contribution is 2.23. The standard InChI is InChI=1S/C16H21NOS/c1-12-6-7-16(13(2)11-12)19-10-8-17-14(3)15-5-4-9-18-15/h4-7,9,11,14,17H,8,10H2,1-3H3. The van der Waals surface area contributed by atoms with Crippen LogP contribution < -0.4 is 5.32 Å². The molecule has 0 bridgehead atoms. The average Bonchev–Trinajstić information content (AvgIpc) is 2.90. The van der Waals surface area contributed by atoms with Crippen molar-refractivity contribution in [3.8, 4) is 0 Å². The molecule has 102 valence electrons. The Hall–Kier alpha value is -1.19. The van der Waals surface area contributed by atoms with Gasteiger partial charge in [-0.15, -0.1) is 11.8 Å². The number of aryl methyl sites for hydroxylation is 2. The molecule has 2 aromatic rings. The van der Waals surface area contributed by atoms with Crippen LogP contribution in [0.15, 0.2) is 45.9 Å². The predicted molar refractivity (Wildman–Crippen MR) is 81.8 cm³/mol. The minimum Gasteiger partial charge on any atom is -0.468 e. The van der Waals surface area contributed by atoms with Crippen molar-refractivity contribution in [2.24, 2.45) is 0 Å². The van der Waals surface area contributed by atoms with E-state index in [1.807, 2.05) is 23.9 Å². The van der Waals surface area contributed by atoms with Gasteiger partial charge in [0.1, 0.15) is 5.76 Å². The van der Waals surface area contributed by atoms with Gasteiger partial charge in [-0.25, -0.2) is 0 Å². The lowest BCUT2D eigenvalue weighted by molar-refractivity contribution is 0.438. The van der Waals surface area contributed by atoms with Gasteiger partial charge in [-0.1, -0.05) is 17.7 Å². The Balaban J connectivity index is 1.75. The third kappa shape index (κ3) is 4.15. The molecule has 19 heavy (non-hydrogen) atoms. The molecular formula is C16H21NOS. The molecule has 1 aromatic carbocycles. The molecule has 3 heteroatoms. The fourth-order valence-corrected chi connectivity index (χ4v) is 2.93. The molecular weight excluding hydrogens is 254 g/mol. The van der Waals surface area contributed by atoms with Crippen LogP contribution in [-0.2, 0) is 0 Å². The van der Waals surface area contributed by atoms with Crippen LogP contribution in [0.5, 0.6) is 0 Å². The lowest BCUT2D eigenvalue weighted by atomic mass is 10.2. The van der Waals surface area contributed by atoms with Crippen molar-refractivity contribution in [2.45, 2.75) is 31.7 Å². The summed E-state index contributed by atoms with van der Waals surface area (Å²) in [5.74, 6) is 2.06. The Bertz CT molecular complexity index is 507. The summed E-state index contributed by atoms with van der Waals surface area (Å²) in [6.07, 6.45) is 1.72. The van der Waals surface area contributed by atoms with Crippen molar-refractivity contribution in [3.63, 3.8) is 0 Å². The van der Waals surface area contributed by atoms with Crippen LogP contribution >= 0.6 is 11.8 Å². The molecule has 1 aromatic heterocycles. The number of rotatable bonds is 6. The number of benzene rings is 1. The normalized spacial score (nSPS) is 12.6. The highest BCUT2D eigenvalue weighted by molar-refractivity contribution is 7.99. The third-order valence-electron chi connectivity index (χ3n) is 3.11. The van der Waals surface area contributed by atoms with E-state index < -0.39 is 0 Å². The fourth-order valence-electron chi connectivity index (χ4n) is 2.04. The van der Waals surface area contributed by atoms with Crippen LogP contribution in [0.3, 0.4) is 0 Å². The van der Waals surface area contributed by atoms with Gasteiger partial charge in [-0.05, 0) is 44.5 Å². The molecule has 0 fully saturated rings. The molecule has 2 rings (SSSR count). The average molecular weight is 275 g/mol. The smallest absolute Gasteiger partial charge is 0.120 e. The van der Waals surface area contributed by atoms with Crippen LogP contribution in [0, 0.1) is 13.8 Å². The fraction of sp³-hybridized carbons (Fsp3) is 0.375. The first-order chi connectivity index (χ1) is 9.16. The van der Waals surface area contributed by atoms with E-state index in [0.717, 1.165) is 18.1 Å². The van der Waals surface area contributed by atoms with Crippen LogP contribution in [0.4, 0.5) is 0 Å². The molecule has 0 radical (unpaired) electrons. The molecule has 1 N–H and O–H groups in total. The van der Waals surface area contributed by atoms with Gasteiger partial charge in [0.15, 0.2) is 0 Å². The Morgan fingerprint density at radius 1 is 1.26 bits per heavy atom. The molecule has 1 atom stereocenters. The maximum atomic E-state index is 5.37. The van der Waals surface area contributed by atoms with Gasteiger partial charge in [-0.2, -0.15) is 0 Å². The molecule has 1 heterocycles. The van der Waals surface area contributed by atoms with Crippen molar-refractivity contribution in [1.29, 1.82) is 0 Å². The van der Waals surface area contributed by atoms with Crippen LogP contribution in [-0.4, -0.2) is 12.3 Å². The van der Waals surface area contributed by atoms with E-state index in [2.05, 4.69) is 44.3 Å². The monoisotopic (exact) mass is 275 g/mol. The lowest BCUT2D eigenvalue weighted by Gasteiger charge is -2.11. The van der Waals surface area contributed by atoms with Crippen LogP contribution in [0.2, 0.25) is 0 Å². The van der Waals surface area contributed by atoms with E-state index in [9.17, 15) is 0 Å². The van der Waals surface area contributed by atoms with Crippen molar-refractivity contribution >= 4 is 11.8 Å². The number of furan rings is 1. The molecule has 0 amide bonds. The summed E-state index contributed by atoms with van der Waals surface area (Å²) in [5, 5.41) is 3.47. The van der Waals surface area contributed by atoms with Gasteiger partial charge in [0.05, 0.1) is 12.3 Å². The first-order valence-electron chi connectivity index (χ1n) is 6.63. The Kier molecular flexibility index (Phi) is 5.11. The molecule has 0 spiro atoms. The van der Waals surface area contributed by atoms with Gasteiger partial charge in [-0.3, -0.25) is 0 Å². The summed E-state index contributed by atoms with van der Waals surface area (Å²) in [4.78, 5) is 1.37. The van der Waals surface area contributed by atoms with Crippen molar-refractivity contribution in [2.75, 3.05) is 12.3 Å². The minimum absolute atomic E-state index is 0.273. The van der Waals surface area contributed by atoms with E-state index in [1.165, 1.54) is 16.0 Å². The summed E-state index contributed by atoms with van der Waals surface area (Å²) in [5.41, 5.74) is 2.69. The minimum atomic E-state index is 0.273. The maximum absolute atomic E-state index is 5.37. The van der Waals surface area contributed by atoms with Gasteiger partial charge >= 0.3 is 0 Å². The Labute approximate surface area is 119 Å². The lowest BCUT2D eigenvalue weighted by Crippen LogP contribution is -2.20. The second kappa shape index (κ2) is 6.83. The second-order valence-electron chi connectivity index (χ2n) is 4.81. The highest BCUT2D eigenvalue weighted by atomic mass is 32.2. The summed E-state index contributed by atoms with van der Waals surface area (Å²) >= 11 is 1.90. The molecule has 0 saturated heterocycles.